The minimum Gasteiger partial charge on any atom is -0.492 e. The van der Waals surface area contributed by atoms with E-state index >= 15 is 0 Å². The zero-order valence-electron chi connectivity index (χ0n) is 19.4. The summed E-state index contributed by atoms with van der Waals surface area (Å²) in [5.74, 6) is 2.56. The molecule has 3 heterocycles. The predicted molar refractivity (Wildman–Crippen MR) is 133 cm³/mol. The number of nitrogens with zero attached hydrogens (tertiary/aromatic N) is 7. The lowest BCUT2D eigenvalue weighted by molar-refractivity contribution is -0.113. The van der Waals surface area contributed by atoms with Crippen molar-refractivity contribution in [2.45, 2.75) is 44.3 Å². The Morgan fingerprint density at radius 1 is 1.09 bits per heavy atom. The molecule has 0 bridgehead atoms. The van der Waals surface area contributed by atoms with E-state index in [1.165, 1.54) is 18.2 Å². The Labute approximate surface area is 207 Å². The van der Waals surface area contributed by atoms with Crippen molar-refractivity contribution < 1.29 is 9.53 Å². The van der Waals surface area contributed by atoms with E-state index in [1.54, 1.807) is 4.68 Å². The van der Waals surface area contributed by atoms with Gasteiger partial charge in [0.1, 0.15) is 17.3 Å². The molecule has 0 aliphatic carbocycles. The van der Waals surface area contributed by atoms with Crippen molar-refractivity contribution in [3.05, 3.63) is 54.4 Å². The van der Waals surface area contributed by atoms with E-state index in [1.807, 2.05) is 55.5 Å². The summed E-state index contributed by atoms with van der Waals surface area (Å²) in [6, 6.07) is 15.2. The van der Waals surface area contributed by atoms with Gasteiger partial charge in [0.05, 0.1) is 12.4 Å². The summed E-state index contributed by atoms with van der Waals surface area (Å²) >= 11 is 1.26. The maximum atomic E-state index is 12.7. The van der Waals surface area contributed by atoms with Gasteiger partial charge in [-0.1, -0.05) is 42.4 Å². The predicted octanol–water partition coefficient (Wildman–Crippen LogP) is 3.78. The van der Waals surface area contributed by atoms with Crippen LogP contribution in [-0.4, -0.2) is 53.2 Å². The van der Waals surface area contributed by atoms with Crippen LogP contribution >= 0.6 is 11.8 Å². The van der Waals surface area contributed by atoms with Gasteiger partial charge in [-0.2, -0.15) is 4.68 Å². The van der Waals surface area contributed by atoms with Gasteiger partial charge in [0, 0.05) is 24.2 Å². The molecule has 10 nitrogen and oxygen atoms in total. The number of amides is 1. The zero-order valence-corrected chi connectivity index (χ0v) is 20.2. The monoisotopic (exact) mass is 490 g/mol. The summed E-state index contributed by atoms with van der Waals surface area (Å²) < 4.78 is 9.47. The fraction of sp³-hybridized carbons (Fsp3) is 0.333. The fourth-order valence-electron chi connectivity index (χ4n) is 4.09. The number of hydrogen-bond acceptors (Lipinski definition) is 8. The van der Waals surface area contributed by atoms with Crippen LogP contribution < -0.4 is 10.1 Å². The molecule has 11 heteroatoms. The molecular formula is C24H26N8O2S. The van der Waals surface area contributed by atoms with Crippen molar-refractivity contribution in [3.8, 4) is 22.8 Å². The average Bonchev–Trinajstić information content (AvgIpc) is 3.44. The Hall–Kier alpha value is -3.73. The molecule has 35 heavy (non-hydrogen) atoms. The van der Waals surface area contributed by atoms with E-state index in [0.717, 1.165) is 48.7 Å². The van der Waals surface area contributed by atoms with Crippen molar-refractivity contribution in [1.29, 1.82) is 0 Å². The Kier molecular flexibility index (Phi) is 7.03. The number of hydrogen-bond donors (Lipinski definition) is 1. The smallest absolute Gasteiger partial charge is 0.234 e. The fourth-order valence-corrected chi connectivity index (χ4v) is 4.78. The Morgan fingerprint density at radius 2 is 2.00 bits per heavy atom. The molecule has 0 fully saturated rings. The summed E-state index contributed by atoms with van der Waals surface area (Å²) in [4.78, 5) is 12.7. The van der Waals surface area contributed by atoms with Crippen LogP contribution in [0.5, 0.6) is 5.75 Å². The van der Waals surface area contributed by atoms with Gasteiger partial charge in [-0.3, -0.25) is 4.79 Å². The van der Waals surface area contributed by atoms with E-state index in [2.05, 4.69) is 35.6 Å². The van der Waals surface area contributed by atoms with Gasteiger partial charge in [0.15, 0.2) is 5.82 Å². The lowest BCUT2D eigenvalue weighted by Crippen LogP contribution is -2.15. The van der Waals surface area contributed by atoms with E-state index in [0.29, 0.717) is 23.2 Å². The number of anilines is 1. The largest absolute Gasteiger partial charge is 0.492 e. The van der Waals surface area contributed by atoms with E-state index in [4.69, 9.17) is 4.74 Å². The third-order valence-electron chi connectivity index (χ3n) is 5.68. The lowest BCUT2D eigenvalue weighted by Gasteiger charge is -2.11. The number of aryl methyl sites for hydroxylation is 1. The highest BCUT2D eigenvalue weighted by Gasteiger charge is 2.17. The van der Waals surface area contributed by atoms with Gasteiger partial charge in [0.2, 0.25) is 11.1 Å². The summed E-state index contributed by atoms with van der Waals surface area (Å²) in [5, 5.41) is 24.2. The van der Waals surface area contributed by atoms with Crippen molar-refractivity contribution in [2.24, 2.45) is 0 Å². The standard InChI is InChI=1S/C24H26N8O2S/c1-2-34-20-12-6-5-11-19(20)32-24(28-29-30-32)35-16-22(33)25-18-10-8-9-17(15-18)23-27-26-21-13-4-3-7-14-31(21)23/h5-6,8-12,15H,2-4,7,13-14,16H2,1H3,(H,25,33). The first kappa shape index (κ1) is 23.0. The quantitative estimate of drug-likeness (QED) is 0.371. The van der Waals surface area contributed by atoms with Gasteiger partial charge < -0.3 is 14.6 Å². The summed E-state index contributed by atoms with van der Waals surface area (Å²) in [6.45, 7) is 3.37. The number of thioether (sulfide) groups is 1. The number of ether oxygens (including phenoxy) is 1. The van der Waals surface area contributed by atoms with Crippen LogP contribution in [0.1, 0.15) is 32.0 Å². The number of rotatable bonds is 8. The SMILES string of the molecule is CCOc1ccccc1-n1nnnc1SCC(=O)Nc1cccc(-c2nnc3n2CCCCC3)c1. The van der Waals surface area contributed by atoms with Gasteiger partial charge in [-0.25, -0.2) is 0 Å². The van der Waals surface area contributed by atoms with E-state index in [-0.39, 0.29) is 11.7 Å². The molecule has 1 aliphatic rings. The van der Waals surface area contributed by atoms with Crippen molar-refractivity contribution in [2.75, 3.05) is 17.7 Å². The van der Waals surface area contributed by atoms with Gasteiger partial charge in [0.25, 0.3) is 0 Å². The van der Waals surface area contributed by atoms with Crippen LogP contribution in [0.3, 0.4) is 0 Å². The third-order valence-corrected chi connectivity index (χ3v) is 6.60. The van der Waals surface area contributed by atoms with Crippen LogP contribution in [0.25, 0.3) is 17.1 Å². The molecule has 2 aromatic heterocycles. The van der Waals surface area contributed by atoms with Gasteiger partial charge in [-0.05, 0) is 54.5 Å². The highest BCUT2D eigenvalue weighted by molar-refractivity contribution is 7.99. The second kappa shape index (κ2) is 10.7. The first-order valence-electron chi connectivity index (χ1n) is 11.7. The first-order valence-corrected chi connectivity index (χ1v) is 12.7. The first-order chi connectivity index (χ1) is 17.2. The minimum atomic E-state index is -0.153. The Bertz CT molecular complexity index is 1320. The number of nitrogens with one attached hydrogen (secondary N) is 1. The molecule has 0 saturated carbocycles. The highest BCUT2D eigenvalue weighted by Crippen LogP contribution is 2.27. The number of tetrazole rings is 1. The second-order valence-corrected chi connectivity index (χ2v) is 9.04. The zero-order chi connectivity index (χ0) is 24.0. The van der Waals surface area contributed by atoms with Crippen LogP contribution in [0.4, 0.5) is 5.69 Å². The van der Waals surface area contributed by atoms with Crippen molar-refractivity contribution >= 4 is 23.4 Å². The van der Waals surface area contributed by atoms with Crippen molar-refractivity contribution in [1.82, 2.24) is 35.0 Å². The van der Waals surface area contributed by atoms with E-state index in [9.17, 15) is 4.79 Å². The van der Waals surface area contributed by atoms with Crippen LogP contribution in [0.15, 0.2) is 53.7 Å². The molecule has 1 aliphatic heterocycles. The molecule has 0 unspecified atom stereocenters. The normalized spacial score (nSPS) is 13.2. The molecule has 0 radical (unpaired) electrons. The summed E-state index contributed by atoms with van der Waals surface area (Å²) in [5.41, 5.74) is 2.37. The molecular weight excluding hydrogens is 464 g/mol. The Balaban J connectivity index is 1.26. The number of para-hydroxylation sites is 2. The van der Waals surface area contributed by atoms with E-state index < -0.39 is 0 Å². The topological polar surface area (TPSA) is 113 Å². The number of carbonyl (C=O) groups excluding carboxylic acids is 1. The molecule has 4 aromatic rings. The molecule has 1 amide bonds. The Morgan fingerprint density at radius 3 is 2.91 bits per heavy atom. The van der Waals surface area contributed by atoms with Gasteiger partial charge in [-0.15, -0.1) is 15.3 Å². The van der Waals surface area contributed by atoms with Crippen LogP contribution in [0.2, 0.25) is 0 Å². The van der Waals surface area contributed by atoms with Crippen LogP contribution in [-0.2, 0) is 17.8 Å². The third kappa shape index (κ3) is 5.19. The molecule has 0 saturated heterocycles. The maximum Gasteiger partial charge on any atom is 0.234 e. The minimum absolute atomic E-state index is 0.153. The summed E-state index contributed by atoms with van der Waals surface area (Å²) in [7, 11) is 0. The van der Waals surface area contributed by atoms with Crippen LogP contribution in [0, 0.1) is 0 Å². The lowest BCUT2D eigenvalue weighted by atomic mass is 10.2. The second-order valence-electron chi connectivity index (χ2n) is 8.09. The number of benzene rings is 2. The van der Waals surface area contributed by atoms with Crippen molar-refractivity contribution in [3.63, 3.8) is 0 Å². The molecule has 180 valence electrons. The molecule has 2 aromatic carbocycles. The highest BCUT2D eigenvalue weighted by atomic mass is 32.2. The molecule has 1 N–H and O–H groups in total. The number of carbonyl (C=O) groups is 1. The molecule has 0 atom stereocenters. The number of fused-ring (bicyclic) bond motifs is 1. The molecule has 5 rings (SSSR count). The number of aromatic nitrogens is 7. The molecule has 0 spiro atoms. The van der Waals surface area contributed by atoms with Gasteiger partial charge >= 0.3 is 0 Å². The average molecular weight is 491 g/mol. The maximum absolute atomic E-state index is 12.7. The summed E-state index contributed by atoms with van der Waals surface area (Å²) in [6.07, 6.45) is 4.43.